The third-order valence-electron chi connectivity index (χ3n) is 2.17. The summed E-state index contributed by atoms with van der Waals surface area (Å²) in [6, 6.07) is 6.81. The molecule has 0 atom stereocenters. The van der Waals surface area contributed by atoms with Crippen molar-refractivity contribution in [2.45, 2.75) is 4.90 Å². The summed E-state index contributed by atoms with van der Waals surface area (Å²) in [4.78, 5) is 15.8. The second-order valence-corrected chi connectivity index (χ2v) is 4.05. The number of fused-ring (bicyclic) bond motifs is 1. The van der Waals surface area contributed by atoms with Gasteiger partial charge in [-0.1, -0.05) is 0 Å². The molecule has 88 valence electrons. The molecule has 2 rings (SSSR count). The molecule has 0 saturated heterocycles. The van der Waals surface area contributed by atoms with E-state index in [9.17, 15) is 4.79 Å². The van der Waals surface area contributed by atoms with Crippen molar-refractivity contribution in [2.75, 3.05) is 7.11 Å². The van der Waals surface area contributed by atoms with Gasteiger partial charge in [-0.25, -0.2) is 4.79 Å². The van der Waals surface area contributed by atoms with Crippen molar-refractivity contribution in [1.82, 2.24) is 9.71 Å². The number of nitrogens with one attached hydrogen (secondary N) is 1. The molecular formula is C11H11N3O2S. The number of methoxy groups -OCH3 is 1. The number of nitrogens with zero attached hydrogens (tertiary/aromatic N) is 1. The Kier molecular flexibility index (Phi) is 3.34. The van der Waals surface area contributed by atoms with E-state index < -0.39 is 6.03 Å². The first kappa shape index (κ1) is 11.5. The number of pyridine rings is 1. The van der Waals surface area contributed by atoms with Crippen LogP contribution in [0.3, 0.4) is 0 Å². The van der Waals surface area contributed by atoms with Gasteiger partial charge in [0, 0.05) is 11.6 Å². The first-order valence-corrected chi connectivity index (χ1v) is 5.68. The summed E-state index contributed by atoms with van der Waals surface area (Å²) in [5.41, 5.74) is 5.88. The summed E-state index contributed by atoms with van der Waals surface area (Å²) in [6.07, 6.45) is 1.71. The number of urea groups is 1. The predicted molar refractivity (Wildman–Crippen MR) is 66.9 cm³/mol. The van der Waals surface area contributed by atoms with Crippen molar-refractivity contribution in [1.29, 1.82) is 0 Å². The Morgan fingerprint density at radius 2 is 2.29 bits per heavy atom. The Morgan fingerprint density at radius 1 is 1.47 bits per heavy atom. The maximum atomic E-state index is 10.7. The number of hydrogen-bond donors (Lipinski definition) is 2. The van der Waals surface area contributed by atoms with Crippen LogP contribution in [0, 0.1) is 0 Å². The van der Waals surface area contributed by atoms with E-state index in [2.05, 4.69) is 9.71 Å². The molecule has 5 nitrogen and oxygen atoms in total. The lowest BCUT2D eigenvalue weighted by Crippen LogP contribution is -2.22. The average Bonchev–Trinajstić information content (AvgIpc) is 2.35. The number of rotatable bonds is 3. The van der Waals surface area contributed by atoms with Gasteiger partial charge in [-0.2, -0.15) is 0 Å². The van der Waals surface area contributed by atoms with Crippen LogP contribution >= 0.6 is 11.9 Å². The molecule has 2 amide bonds. The number of carbonyl (C=O) groups excluding carboxylic acids is 1. The topological polar surface area (TPSA) is 77.2 Å². The highest BCUT2D eigenvalue weighted by Crippen LogP contribution is 2.33. The van der Waals surface area contributed by atoms with E-state index >= 15 is 0 Å². The second kappa shape index (κ2) is 4.92. The van der Waals surface area contributed by atoms with Gasteiger partial charge in [-0.05, 0) is 36.2 Å². The number of benzene rings is 1. The van der Waals surface area contributed by atoms with Gasteiger partial charge in [0.25, 0.3) is 0 Å². The van der Waals surface area contributed by atoms with Gasteiger partial charge >= 0.3 is 6.03 Å². The Morgan fingerprint density at radius 3 is 3.00 bits per heavy atom. The van der Waals surface area contributed by atoms with Crippen LogP contribution in [-0.4, -0.2) is 18.1 Å². The summed E-state index contributed by atoms with van der Waals surface area (Å²) < 4.78 is 7.72. The Balaban J connectivity index is 2.50. The van der Waals surface area contributed by atoms with Crippen LogP contribution in [0.4, 0.5) is 4.79 Å². The van der Waals surface area contributed by atoms with E-state index in [4.69, 9.17) is 10.5 Å². The van der Waals surface area contributed by atoms with Gasteiger partial charge in [0.1, 0.15) is 5.75 Å². The van der Waals surface area contributed by atoms with Crippen molar-refractivity contribution in [3.05, 3.63) is 30.5 Å². The lowest BCUT2D eigenvalue weighted by Gasteiger charge is -2.10. The smallest absolute Gasteiger partial charge is 0.322 e. The van der Waals surface area contributed by atoms with Gasteiger partial charge in [0.05, 0.1) is 17.5 Å². The molecule has 1 aromatic heterocycles. The highest BCUT2D eigenvalue weighted by molar-refractivity contribution is 7.98. The van der Waals surface area contributed by atoms with Crippen molar-refractivity contribution in [3.8, 4) is 5.75 Å². The molecule has 1 heterocycles. The van der Waals surface area contributed by atoms with Crippen molar-refractivity contribution in [2.24, 2.45) is 5.73 Å². The molecule has 2 aromatic rings. The molecule has 0 bridgehead atoms. The molecule has 0 radical (unpaired) electrons. The number of amides is 2. The first-order valence-electron chi connectivity index (χ1n) is 4.86. The Labute approximate surface area is 102 Å². The zero-order valence-corrected chi connectivity index (χ0v) is 9.95. The molecular weight excluding hydrogens is 238 g/mol. The lowest BCUT2D eigenvalue weighted by molar-refractivity contribution is 0.254. The zero-order valence-electron chi connectivity index (χ0n) is 9.14. The van der Waals surface area contributed by atoms with Crippen molar-refractivity contribution >= 4 is 28.9 Å². The third kappa shape index (κ3) is 2.42. The van der Waals surface area contributed by atoms with Crippen molar-refractivity contribution < 1.29 is 9.53 Å². The molecule has 0 aliphatic rings. The van der Waals surface area contributed by atoms with Crippen LogP contribution < -0.4 is 15.2 Å². The number of carbonyl (C=O) groups is 1. The Hall–Kier alpha value is -1.95. The summed E-state index contributed by atoms with van der Waals surface area (Å²) in [7, 11) is 1.58. The molecule has 0 aliphatic heterocycles. The number of nitrogens with two attached hydrogens (primary N) is 1. The summed E-state index contributed by atoms with van der Waals surface area (Å²) in [5, 5.41) is 0.908. The quantitative estimate of drug-likeness (QED) is 0.815. The minimum absolute atomic E-state index is 0.599. The van der Waals surface area contributed by atoms with Crippen LogP contribution in [0.25, 0.3) is 10.9 Å². The molecule has 0 unspecified atom stereocenters. The molecule has 0 fully saturated rings. The normalized spacial score (nSPS) is 10.2. The minimum atomic E-state index is -0.599. The van der Waals surface area contributed by atoms with Gasteiger partial charge < -0.3 is 10.5 Å². The monoisotopic (exact) mass is 249 g/mol. The van der Waals surface area contributed by atoms with Gasteiger partial charge in [0.15, 0.2) is 0 Å². The fourth-order valence-electron chi connectivity index (χ4n) is 1.47. The minimum Gasteiger partial charge on any atom is -0.495 e. The van der Waals surface area contributed by atoms with E-state index in [1.807, 2.05) is 18.2 Å². The fraction of sp³-hybridized carbons (Fsp3) is 0.0909. The standard InChI is InChI=1S/C11H11N3O2S/c1-16-9-5-4-8-7(3-2-6-13-8)10(9)17-14-11(12)15/h2-6H,1H3,(H3,12,14,15). The fourth-order valence-corrected chi connectivity index (χ4v) is 2.21. The number of hydrogen-bond acceptors (Lipinski definition) is 4. The zero-order chi connectivity index (χ0) is 12.3. The van der Waals surface area contributed by atoms with E-state index in [1.165, 1.54) is 0 Å². The number of ether oxygens (including phenoxy) is 1. The highest BCUT2D eigenvalue weighted by atomic mass is 32.2. The highest BCUT2D eigenvalue weighted by Gasteiger charge is 2.10. The molecule has 1 aromatic carbocycles. The third-order valence-corrected chi connectivity index (χ3v) is 3.10. The van der Waals surface area contributed by atoms with Crippen LogP contribution in [-0.2, 0) is 0 Å². The molecule has 0 aliphatic carbocycles. The van der Waals surface area contributed by atoms with Crippen LogP contribution in [0.5, 0.6) is 5.75 Å². The van der Waals surface area contributed by atoms with E-state index in [1.54, 1.807) is 19.4 Å². The summed E-state index contributed by atoms with van der Waals surface area (Å²) >= 11 is 1.12. The van der Waals surface area contributed by atoms with Crippen LogP contribution in [0.2, 0.25) is 0 Å². The maximum Gasteiger partial charge on any atom is 0.322 e. The molecule has 3 N–H and O–H groups in total. The van der Waals surface area contributed by atoms with Crippen molar-refractivity contribution in [3.63, 3.8) is 0 Å². The van der Waals surface area contributed by atoms with Gasteiger partial charge in [-0.15, -0.1) is 0 Å². The summed E-state index contributed by atoms with van der Waals surface area (Å²) in [6.45, 7) is 0. The SMILES string of the molecule is COc1ccc2ncccc2c1SNC(N)=O. The van der Waals surface area contributed by atoms with Gasteiger partial charge in [0.2, 0.25) is 0 Å². The molecule has 17 heavy (non-hydrogen) atoms. The molecule has 0 spiro atoms. The van der Waals surface area contributed by atoms with E-state index in [-0.39, 0.29) is 0 Å². The predicted octanol–water partition coefficient (Wildman–Crippen LogP) is 1.92. The van der Waals surface area contributed by atoms with E-state index in [0.717, 1.165) is 27.7 Å². The number of primary amides is 1. The second-order valence-electron chi connectivity index (χ2n) is 3.24. The van der Waals surface area contributed by atoms with Crippen LogP contribution in [0.1, 0.15) is 0 Å². The van der Waals surface area contributed by atoms with Gasteiger partial charge in [-0.3, -0.25) is 9.71 Å². The summed E-state index contributed by atoms with van der Waals surface area (Å²) in [5.74, 6) is 0.671. The van der Waals surface area contributed by atoms with E-state index in [0.29, 0.717) is 5.75 Å². The molecule has 0 saturated carbocycles. The molecule has 6 heteroatoms. The lowest BCUT2D eigenvalue weighted by atomic mass is 10.2. The first-order chi connectivity index (χ1) is 8.22. The largest absolute Gasteiger partial charge is 0.495 e. The van der Waals surface area contributed by atoms with Crippen LogP contribution in [0.15, 0.2) is 35.4 Å². The average molecular weight is 249 g/mol. The number of aromatic nitrogens is 1. The maximum absolute atomic E-state index is 10.7. The Bertz CT molecular complexity index is 559.